The highest BCUT2D eigenvalue weighted by Crippen LogP contribution is 2.06. The molecule has 1 aromatic carbocycles. The van der Waals surface area contributed by atoms with E-state index in [-0.39, 0.29) is 5.62 Å². The maximum Gasteiger partial charge on any atom is 0.224 e. The van der Waals surface area contributed by atoms with Crippen LogP contribution < -0.4 is 10.4 Å². The van der Waals surface area contributed by atoms with E-state index >= 15 is 0 Å². The van der Waals surface area contributed by atoms with Crippen LogP contribution in [0.3, 0.4) is 0 Å². The van der Waals surface area contributed by atoms with Crippen molar-refractivity contribution in [1.82, 2.24) is 9.55 Å². The normalized spacial score (nSPS) is 10.1. The van der Waals surface area contributed by atoms with Crippen LogP contribution in [-0.4, -0.2) is 9.55 Å². The third-order valence-corrected chi connectivity index (χ3v) is 2.22. The molecule has 0 bridgehead atoms. The van der Waals surface area contributed by atoms with E-state index in [1.165, 1.54) is 0 Å². The molecule has 0 saturated heterocycles. The van der Waals surface area contributed by atoms with Crippen LogP contribution in [0.2, 0.25) is 0 Å². The molecule has 0 unspecified atom stereocenters. The molecule has 4 heteroatoms. The number of benzene rings is 1. The summed E-state index contributed by atoms with van der Waals surface area (Å²) in [5.41, 5.74) is 1.27. The molecule has 4 nitrogen and oxygen atoms in total. The van der Waals surface area contributed by atoms with Gasteiger partial charge in [0.2, 0.25) is 11.5 Å². The summed E-state index contributed by atoms with van der Waals surface area (Å²) >= 11 is 0. The molecule has 0 aliphatic rings. The van der Waals surface area contributed by atoms with Crippen molar-refractivity contribution in [2.45, 2.75) is 6.61 Å². The van der Waals surface area contributed by atoms with Gasteiger partial charge in [-0.2, -0.15) is 4.98 Å². The Bertz CT molecular complexity index is 519. The molecule has 0 aliphatic carbocycles. The first-order valence-electron chi connectivity index (χ1n) is 5.01. The van der Waals surface area contributed by atoms with E-state index in [9.17, 15) is 0 Å². The molecule has 0 aliphatic heterocycles. The van der Waals surface area contributed by atoms with Crippen LogP contribution in [0.5, 0.6) is 5.88 Å². The second kappa shape index (κ2) is 4.61. The van der Waals surface area contributed by atoms with Crippen LogP contribution in [0.4, 0.5) is 0 Å². The molecule has 2 aromatic rings. The number of rotatable bonds is 3. The van der Waals surface area contributed by atoms with Gasteiger partial charge < -0.3 is 9.30 Å². The summed E-state index contributed by atoms with van der Waals surface area (Å²) in [4.78, 5) is 4.00. The van der Waals surface area contributed by atoms with E-state index in [1.807, 2.05) is 30.3 Å². The molecule has 1 N–H and O–H groups in total. The molecule has 82 valence electrons. The average Bonchev–Trinajstić information content (AvgIpc) is 2.32. The third-order valence-electron chi connectivity index (χ3n) is 2.22. The molecule has 0 radical (unpaired) electrons. The van der Waals surface area contributed by atoms with Crippen molar-refractivity contribution in [2.75, 3.05) is 0 Å². The molecular weight excluding hydrogens is 202 g/mol. The Labute approximate surface area is 93.7 Å². The van der Waals surface area contributed by atoms with Crippen molar-refractivity contribution in [3.8, 4) is 5.88 Å². The zero-order valence-electron chi connectivity index (χ0n) is 9.05. The maximum absolute atomic E-state index is 7.52. The molecule has 0 atom stereocenters. The smallest absolute Gasteiger partial charge is 0.224 e. The summed E-state index contributed by atoms with van der Waals surface area (Å²) in [6, 6.07) is 11.6. The average molecular weight is 215 g/mol. The minimum atomic E-state index is 0.186. The number of aromatic nitrogens is 2. The predicted molar refractivity (Wildman–Crippen MR) is 59.8 cm³/mol. The number of nitrogens with zero attached hydrogens (tertiary/aromatic N) is 2. The fourth-order valence-corrected chi connectivity index (χ4v) is 1.28. The van der Waals surface area contributed by atoms with Gasteiger partial charge in [0, 0.05) is 19.3 Å². The molecule has 0 spiro atoms. The highest BCUT2D eigenvalue weighted by molar-refractivity contribution is 5.15. The quantitative estimate of drug-likeness (QED) is 0.843. The molecule has 0 saturated carbocycles. The zero-order chi connectivity index (χ0) is 11.4. The van der Waals surface area contributed by atoms with E-state index < -0.39 is 0 Å². The highest BCUT2D eigenvalue weighted by atomic mass is 16.5. The van der Waals surface area contributed by atoms with Gasteiger partial charge in [0.05, 0.1) is 0 Å². The Balaban J connectivity index is 2.05. The Hall–Kier alpha value is -2.10. The fourth-order valence-electron chi connectivity index (χ4n) is 1.28. The van der Waals surface area contributed by atoms with Crippen LogP contribution in [0, 0.1) is 5.41 Å². The summed E-state index contributed by atoms with van der Waals surface area (Å²) in [7, 11) is 1.77. The van der Waals surface area contributed by atoms with Gasteiger partial charge in [-0.25, -0.2) is 0 Å². The number of aryl methyl sites for hydroxylation is 1. The van der Waals surface area contributed by atoms with E-state index in [0.29, 0.717) is 12.5 Å². The van der Waals surface area contributed by atoms with Gasteiger partial charge in [-0.05, 0) is 5.56 Å². The molecule has 0 amide bonds. The molecule has 16 heavy (non-hydrogen) atoms. The summed E-state index contributed by atoms with van der Waals surface area (Å²) < 4.78 is 7.10. The lowest BCUT2D eigenvalue weighted by Crippen LogP contribution is -2.19. The highest BCUT2D eigenvalue weighted by Gasteiger charge is 1.97. The predicted octanol–water partition coefficient (Wildman–Crippen LogP) is 1.48. The second-order valence-corrected chi connectivity index (χ2v) is 3.47. The van der Waals surface area contributed by atoms with Gasteiger partial charge in [0.15, 0.2) is 0 Å². The van der Waals surface area contributed by atoms with Crippen LogP contribution in [0.1, 0.15) is 5.56 Å². The number of ether oxygens (including phenoxy) is 1. The largest absolute Gasteiger partial charge is 0.473 e. The minimum Gasteiger partial charge on any atom is -0.473 e. The molecule has 2 rings (SSSR count). The van der Waals surface area contributed by atoms with E-state index in [1.54, 1.807) is 23.9 Å². The summed E-state index contributed by atoms with van der Waals surface area (Å²) in [5, 5.41) is 7.52. The monoisotopic (exact) mass is 215 g/mol. The van der Waals surface area contributed by atoms with Crippen molar-refractivity contribution in [2.24, 2.45) is 7.05 Å². The third kappa shape index (κ3) is 2.48. The lowest BCUT2D eigenvalue weighted by molar-refractivity contribution is 0.290. The van der Waals surface area contributed by atoms with E-state index in [4.69, 9.17) is 10.1 Å². The van der Waals surface area contributed by atoms with Crippen LogP contribution >= 0.6 is 0 Å². The van der Waals surface area contributed by atoms with Crippen molar-refractivity contribution >= 4 is 0 Å². The Kier molecular flexibility index (Phi) is 3.00. The first kappa shape index (κ1) is 10.4. The standard InChI is InChI=1S/C12H13N3O/c1-15-8-7-11(14-12(15)13)16-9-10-5-3-2-4-6-10/h2-8,13H,9H2,1H3. The van der Waals surface area contributed by atoms with Gasteiger partial charge in [-0.3, -0.25) is 5.41 Å². The first-order chi connectivity index (χ1) is 7.75. The first-order valence-corrected chi connectivity index (χ1v) is 5.01. The lowest BCUT2D eigenvalue weighted by atomic mass is 10.2. The van der Waals surface area contributed by atoms with Crippen LogP contribution in [0.25, 0.3) is 0 Å². The topological polar surface area (TPSA) is 50.9 Å². The number of nitrogens with one attached hydrogen (secondary N) is 1. The van der Waals surface area contributed by atoms with Gasteiger partial charge in [0.1, 0.15) is 6.61 Å². The lowest BCUT2D eigenvalue weighted by Gasteiger charge is -2.05. The molecule has 1 heterocycles. The number of hydrogen-bond acceptors (Lipinski definition) is 3. The summed E-state index contributed by atoms with van der Waals surface area (Å²) in [6.45, 7) is 0.473. The maximum atomic E-state index is 7.52. The van der Waals surface area contributed by atoms with Crippen molar-refractivity contribution in [3.05, 3.63) is 53.8 Å². The minimum absolute atomic E-state index is 0.186. The van der Waals surface area contributed by atoms with Gasteiger partial charge in [0.25, 0.3) is 0 Å². The van der Waals surface area contributed by atoms with E-state index in [2.05, 4.69) is 4.98 Å². The van der Waals surface area contributed by atoms with Gasteiger partial charge in [-0.15, -0.1) is 0 Å². The Morgan fingerprint density at radius 1 is 1.25 bits per heavy atom. The summed E-state index contributed by atoms with van der Waals surface area (Å²) in [5.74, 6) is 0.479. The SMILES string of the molecule is Cn1ccc(OCc2ccccc2)nc1=N. The van der Waals surface area contributed by atoms with Crippen molar-refractivity contribution < 1.29 is 4.74 Å². The van der Waals surface area contributed by atoms with Crippen molar-refractivity contribution in [1.29, 1.82) is 5.41 Å². The van der Waals surface area contributed by atoms with Crippen LogP contribution in [0.15, 0.2) is 42.6 Å². The Morgan fingerprint density at radius 2 is 2.00 bits per heavy atom. The molecule has 0 fully saturated rings. The van der Waals surface area contributed by atoms with Crippen molar-refractivity contribution in [3.63, 3.8) is 0 Å². The van der Waals surface area contributed by atoms with E-state index in [0.717, 1.165) is 5.56 Å². The molecular formula is C12H13N3O. The van der Waals surface area contributed by atoms with Gasteiger partial charge in [-0.1, -0.05) is 30.3 Å². The van der Waals surface area contributed by atoms with Gasteiger partial charge >= 0.3 is 0 Å². The Morgan fingerprint density at radius 3 is 2.69 bits per heavy atom. The summed E-state index contributed by atoms with van der Waals surface area (Å²) in [6.07, 6.45) is 1.76. The second-order valence-electron chi connectivity index (χ2n) is 3.47. The molecule has 1 aromatic heterocycles. The number of hydrogen-bond donors (Lipinski definition) is 1. The van der Waals surface area contributed by atoms with Crippen LogP contribution in [-0.2, 0) is 13.7 Å². The fraction of sp³-hybridized carbons (Fsp3) is 0.167. The zero-order valence-corrected chi connectivity index (χ0v) is 9.05.